The number of nitrogens with one attached hydrogen (secondary N) is 1. The van der Waals surface area contributed by atoms with Gasteiger partial charge in [0.05, 0.1) is 12.6 Å². The maximum Gasteiger partial charge on any atom is 0.328 e. The van der Waals surface area contributed by atoms with Crippen LogP contribution in [0.5, 0.6) is 0 Å². The van der Waals surface area contributed by atoms with E-state index in [0.717, 1.165) is 6.42 Å². The zero-order valence-electron chi connectivity index (χ0n) is 11.0. The maximum absolute atomic E-state index is 12.0. The molecule has 0 bridgehead atoms. The van der Waals surface area contributed by atoms with Gasteiger partial charge in [-0.25, -0.2) is 4.79 Å². The van der Waals surface area contributed by atoms with Crippen LogP contribution in [0, 0.1) is 0 Å². The molecule has 98 valence electrons. The number of rotatable bonds is 5. The monoisotopic (exact) mass is 242 g/mol. The average molecular weight is 242 g/mol. The highest BCUT2D eigenvalue weighted by atomic mass is 16.5. The summed E-state index contributed by atoms with van der Waals surface area (Å²) in [5.41, 5.74) is 0. The fourth-order valence-corrected chi connectivity index (χ4v) is 2.03. The molecule has 1 amide bonds. The molecule has 5 nitrogen and oxygen atoms in total. The Morgan fingerprint density at radius 3 is 2.71 bits per heavy atom. The second-order valence-corrected chi connectivity index (χ2v) is 4.62. The van der Waals surface area contributed by atoms with Gasteiger partial charge in [-0.3, -0.25) is 4.79 Å². The zero-order chi connectivity index (χ0) is 13.0. The molecule has 5 heteroatoms. The van der Waals surface area contributed by atoms with Crippen molar-refractivity contribution >= 4 is 11.9 Å². The lowest BCUT2D eigenvalue weighted by Crippen LogP contribution is -2.46. The molecule has 1 heterocycles. The fraction of sp³-hybridized carbons (Fsp3) is 0.833. The van der Waals surface area contributed by atoms with E-state index in [1.807, 2.05) is 13.8 Å². The van der Waals surface area contributed by atoms with Gasteiger partial charge in [0, 0.05) is 12.6 Å². The number of ether oxygens (including phenoxy) is 1. The van der Waals surface area contributed by atoms with Crippen LogP contribution in [0.4, 0.5) is 0 Å². The van der Waals surface area contributed by atoms with E-state index in [2.05, 4.69) is 5.32 Å². The zero-order valence-corrected chi connectivity index (χ0v) is 11.0. The van der Waals surface area contributed by atoms with Gasteiger partial charge < -0.3 is 15.0 Å². The van der Waals surface area contributed by atoms with Crippen molar-refractivity contribution in [1.29, 1.82) is 0 Å². The predicted molar refractivity (Wildman–Crippen MR) is 64.5 cm³/mol. The molecule has 0 aromatic heterocycles. The van der Waals surface area contributed by atoms with E-state index >= 15 is 0 Å². The number of hydrogen-bond acceptors (Lipinski definition) is 4. The molecule has 2 unspecified atom stereocenters. The standard InChI is InChI=1S/C12H22N2O3/c1-5-17-12(16)9(4)14-7-6-10(11(14)15)13-8(2)3/h8-10,13H,5-7H2,1-4H3. The summed E-state index contributed by atoms with van der Waals surface area (Å²) in [6.45, 7) is 8.45. The average Bonchev–Trinajstić information content (AvgIpc) is 2.59. The molecule has 0 spiro atoms. The molecule has 1 aliphatic heterocycles. The molecule has 17 heavy (non-hydrogen) atoms. The first kappa shape index (κ1) is 14.0. The van der Waals surface area contributed by atoms with Gasteiger partial charge in [-0.15, -0.1) is 0 Å². The third-order valence-electron chi connectivity index (χ3n) is 2.87. The maximum atomic E-state index is 12.0. The van der Waals surface area contributed by atoms with Gasteiger partial charge in [-0.1, -0.05) is 13.8 Å². The summed E-state index contributed by atoms with van der Waals surface area (Å²) in [4.78, 5) is 25.2. The molecule has 1 aliphatic rings. The van der Waals surface area contributed by atoms with Crippen LogP contribution < -0.4 is 5.32 Å². The Kier molecular flexibility index (Phi) is 4.93. The van der Waals surface area contributed by atoms with Crippen LogP contribution in [0.1, 0.15) is 34.1 Å². The van der Waals surface area contributed by atoms with Crippen LogP contribution in [0.15, 0.2) is 0 Å². The lowest BCUT2D eigenvalue weighted by molar-refractivity contribution is -0.152. The summed E-state index contributed by atoms with van der Waals surface area (Å²) >= 11 is 0. The largest absolute Gasteiger partial charge is 0.464 e. The topological polar surface area (TPSA) is 58.6 Å². The third kappa shape index (κ3) is 3.43. The molecule has 1 saturated heterocycles. The minimum Gasteiger partial charge on any atom is -0.464 e. The Labute approximate surface area is 102 Å². The van der Waals surface area contributed by atoms with E-state index in [4.69, 9.17) is 4.74 Å². The van der Waals surface area contributed by atoms with Crippen molar-refractivity contribution in [2.75, 3.05) is 13.2 Å². The molecule has 1 N–H and O–H groups in total. The summed E-state index contributed by atoms with van der Waals surface area (Å²) in [6, 6.07) is -0.380. The van der Waals surface area contributed by atoms with Gasteiger partial charge in [0.2, 0.25) is 5.91 Å². The Hall–Kier alpha value is -1.10. The van der Waals surface area contributed by atoms with Crippen molar-refractivity contribution in [3.63, 3.8) is 0 Å². The van der Waals surface area contributed by atoms with Gasteiger partial charge in [-0.05, 0) is 20.3 Å². The van der Waals surface area contributed by atoms with Crippen molar-refractivity contribution in [2.45, 2.75) is 52.2 Å². The molecule has 0 aromatic carbocycles. The molecule has 2 atom stereocenters. The van der Waals surface area contributed by atoms with Crippen molar-refractivity contribution in [3.8, 4) is 0 Å². The molecule has 0 aliphatic carbocycles. The smallest absolute Gasteiger partial charge is 0.328 e. The van der Waals surface area contributed by atoms with Gasteiger partial charge in [-0.2, -0.15) is 0 Å². The first-order valence-corrected chi connectivity index (χ1v) is 6.20. The normalized spacial score (nSPS) is 22.1. The van der Waals surface area contributed by atoms with Crippen LogP contribution in [0.25, 0.3) is 0 Å². The van der Waals surface area contributed by atoms with E-state index in [-0.39, 0.29) is 24.0 Å². The third-order valence-corrected chi connectivity index (χ3v) is 2.87. The second kappa shape index (κ2) is 6.00. The van der Waals surface area contributed by atoms with Gasteiger partial charge >= 0.3 is 5.97 Å². The Morgan fingerprint density at radius 2 is 2.18 bits per heavy atom. The molecule has 0 aromatic rings. The van der Waals surface area contributed by atoms with Gasteiger partial charge in [0.25, 0.3) is 0 Å². The summed E-state index contributed by atoms with van der Waals surface area (Å²) in [5.74, 6) is -0.328. The predicted octanol–water partition coefficient (Wildman–Crippen LogP) is 0.537. The fourth-order valence-electron chi connectivity index (χ4n) is 2.03. The number of amides is 1. The van der Waals surface area contributed by atoms with Crippen molar-refractivity contribution in [2.24, 2.45) is 0 Å². The highest BCUT2D eigenvalue weighted by Crippen LogP contribution is 2.16. The van der Waals surface area contributed by atoms with Crippen LogP contribution in [-0.2, 0) is 14.3 Å². The van der Waals surface area contributed by atoms with E-state index in [1.165, 1.54) is 0 Å². The van der Waals surface area contributed by atoms with E-state index in [9.17, 15) is 9.59 Å². The number of likely N-dealkylation sites (tertiary alicyclic amines) is 1. The number of esters is 1. The van der Waals surface area contributed by atoms with Crippen LogP contribution >= 0.6 is 0 Å². The first-order valence-electron chi connectivity index (χ1n) is 6.20. The highest BCUT2D eigenvalue weighted by Gasteiger charge is 2.37. The Bertz CT molecular complexity index is 291. The van der Waals surface area contributed by atoms with E-state index < -0.39 is 6.04 Å². The molecule has 0 saturated carbocycles. The van der Waals surface area contributed by atoms with Crippen LogP contribution in [-0.4, -0.2) is 48.1 Å². The van der Waals surface area contributed by atoms with Crippen molar-refractivity contribution in [1.82, 2.24) is 10.2 Å². The summed E-state index contributed by atoms with van der Waals surface area (Å²) in [5, 5.41) is 3.20. The second-order valence-electron chi connectivity index (χ2n) is 4.62. The molecular weight excluding hydrogens is 220 g/mol. The lowest BCUT2D eigenvalue weighted by Gasteiger charge is -2.23. The van der Waals surface area contributed by atoms with Crippen molar-refractivity contribution < 1.29 is 14.3 Å². The summed E-state index contributed by atoms with van der Waals surface area (Å²) in [7, 11) is 0. The quantitative estimate of drug-likeness (QED) is 0.715. The Morgan fingerprint density at radius 1 is 1.53 bits per heavy atom. The molecule has 1 fully saturated rings. The van der Waals surface area contributed by atoms with Crippen LogP contribution in [0.2, 0.25) is 0 Å². The van der Waals surface area contributed by atoms with E-state index in [1.54, 1.807) is 18.7 Å². The summed E-state index contributed by atoms with van der Waals surface area (Å²) < 4.78 is 4.93. The van der Waals surface area contributed by atoms with Gasteiger partial charge in [0.15, 0.2) is 0 Å². The Balaban J connectivity index is 2.57. The lowest BCUT2D eigenvalue weighted by atomic mass is 10.2. The number of carbonyl (C=O) groups is 2. The SMILES string of the molecule is CCOC(=O)C(C)N1CCC(NC(C)C)C1=O. The minimum atomic E-state index is -0.485. The van der Waals surface area contributed by atoms with Crippen LogP contribution in [0.3, 0.4) is 0 Å². The molecule has 1 rings (SSSR count). The molecule has 0 radical (unpaired) electrons. The van der Waals surface area contributed by atoms with E-state index in [0.29, 0.717) is 13.2 Å². The number of hydrogen-bond donors (Lipinski definition) is 1. The number of carbonyl (C=O) groups excluding carboxylic acids is 2. The first-order chi connectivity index (χ1) is 7.97. The summed E-state index contributed by atoms with van der Waals surface area (Å²) in [6.07, 6.45) is 0.751. The van der Waals surface area contributed by atoms with Crippen molar-refractivity contribution in [3.05, 3.63) is 0 Å². The minimum absolute atomic E-state index is 0.000692. The van der Waals surface area contributed by atoms with Gasteiger partial charge in [0.1, 0.15) is 6.04 Å². The highest BCUT2D eigenvalue weighted by molar-refractivity contribution is 5.89. The number of nitrogens with zero attached hydrogens (tertiary/aromatic N) is 1. The molecular formula is C12H22N2O3.